The summed E-state index contributed by atoms with van der Waals surface area (Å²) in [7, 11) is 0. The van der Waals surface area contributed by atoms with Gasteiger partial charge in [0.2, 0.25) is 0 Å². The van der Waals surface area contributed by atoms with Crippen molar-refractivity contribution in [2.75, 3.05) is 19.8 Å². The number of hydrogen-bond acceptors (Lipinski definition) is 3. The van der Waals surface area contributed by atoms with E-state index in [-0.39, 0.29) is 0 Å². The number of rotatable bonds is 3. The van der Waals surface area contributed by atoms with E-state index in [0.29, 0.717) is 18.5 Å². The van der Waals surface area contributed by atoms with Crippen LogP contribution >= 0.6 is 11.8 Å². The molecule has 1 atom stereocenters. The van der Waals surface area contributed by atoms with Crippen LogP contribution in [0.4, 0.5) is 0 Å². The molecule has 1 heterocycles. The van der Waals surface area contributed by atoms with Crippen LogP contribution in [0.25, 0.3) is 0 Å². The van der Waals surface area contributed by atoms with Crippen molar-refractivity contribution in [3.63, 3.8) is 0 Å². The lowest BCUT2D eigenvalue weighted by molar-refractivity contribution is 0.138. The fourth-order valence-corrected chi connectivity index (χ4v) is 1.75. The lowest BCUT2D eigenvalue weighted by Crippen LogP contribution is -2.12. The van der Waals surface area contributed by atoms with Gasteiger partial charge >= 0.3 is 0 Å². The summed E-state index contributed by atoms with van der Waals surface area (Å²) >= 11 is 1.72. The molecule has 1 aliphatic rings. The molecule has 11 heavy (non-hydrogen) atoms. The molecule has 0 amide bonds. The first kappa shape index (κ1) is 8.92. The van der Waals surface area contributed by atoms with Crippen molar-refractivity contribution in [2.24, 2.45) is 0 Å². The monoisotopic (exact) mass is 171 g/mol. The minimum atomic E-state index is 0.399. The lowest BCUT2D eigenvalue weighted by Gasteiger charge is -2.04. The molecule has 1 saturated heterocycles. The molecular formula is C8H11O2S. The molecule has 2 nitrogen and oxygen atoms in total. The van der Waals surface area contributed by atoms with Crippen LogP contribution in [0.2, 0.25) is 0 Å². The minimum Gasteiger partial charge on any atom is -0.368 e. The zero-order valence-electron chi connectivity index (χ0n) is 6.50. The molecule has 0 saturated carbocycles. The zero-order chi connectivity index (χ0) is 8.10. The molecule has 3 heteroatoms. The second-order valence-electron chi connectivity index (χ2n) is 2.26. The average molecular weight is 171 g/mol. The quantitative estimate of drug-likeness (QED) is 0.471. The van der Waals surface area contributed by atoms with Gasteiger partial charge in [-0.15, -0.1) is 18.2 Å². The summed E-state index contributed by atoms with van der Waals surface area (Å²) in [5.74, 6) is 2.42. The van der Waals surface area contributed by atoms with E-state index in [1.807, 2.05) is 6.92 Å². The third kappa shape index (κ3) is 3.15. The van der Waals surface area contributed by atoms with Crippen molar-refractivity contribution in [3.8, 4) is 12.3 Å². The molecule has 0 aromatic carbocycles. The highest BCUT2D eigenvalue weighted by atomic mass is 32.2. The fraction of sp³-hybridized carbons (Fsp3) is 0.625. The Kier molecular flexibility index (Phi) is 3.78. The second kappa shape index (κ2) is 4.66. The molecule has 0 spiro atoms. The first-order chi connectivity index (χ1) is 5.33. The van der Waals surface area contributed by atoms with Crippen LogP contribution < -0.4 is 0 Å². The van der Waals surface area contributed by atoms with E-state index < -0.39 is 0 Å². The molecule has 61 valence electrons. The standard InChI is InChI=1S/C8H11O2S/c1-3-4-9-5-8-6-10-7(2)11-8/h1,8H,4-6H2,2H3. The Labute approximate surface area is 71.6 Å². The van der Waals surface area contributed by atoms with Crippen LogP contribution in [-0.4, -0.2) is 25.1 Å². The van der Waals surface area contributed by atoms with Gasteiger partial charge in [0, 0.05) is 0 Å². The van der Waals surface area contributed by atoms with E-state index in [4.69, 9.17) is 15.9 Å². The number of hydrogen-bond donors (Lipinski definition) is 0. The molecule has 1 aliphatic heterocycles. The maximum atomic E-state index is 5.24. The number of thioether (sulfide) groups is 1. The van der Waals surface area contributed by atoms with Gasteiger partial charge in [-0.3, -0.25) is 0 Å². The molecule has 0 bridgehead atoms. The maximum Gasteiger partial charge on any atom is 0.149 e. The summed E-state index contributed by atoms with van der Waals surface area (Å²) in [5, 5.41) is 0.434. The van der Waals surface area contributed by atoms with Gasteiger partial charge in [0.1, 0.15) is 12.0 Å². The molecule has 0 N–H and O–H groups in total. The average Bonchev–Trinajstić information content (AvgIpc) is 2.37. The number of ether oxygens (including phenoxy) is 2. The van der Waals surface area contributed by atoms with Gasteiger partial charge in [0.05, 0.1) is 18.5 Å². The van der Waals surface area contributed by atoms with Crippen LogP contribution in [-0.2, 0) is 9.47 Å². The van der Waals surface area contributed by atoms with E-state index in [0.717, 1.165) is 12.0 Å². The third-order valence-electron chi connectivity index (χ3n) is 1.29. The summed E-state index contributed by atoms with van der Waals surface area (Å²) in [6.45, 7) is 3.80. The number of terminal acetylenes is 1. The van der Waals surface area contributed by atoms with Gasteiger partial charge in [0.15, 0.2) is 0 Å². The first-order valence-electron chi connectivity index (χ1n) is 3.47. The summed E-state index contributed by atoms with van der Waals surface area (Å²) in [5.41, 5.74) is 1.03. The highest BCUT2D eigenvalue weighted by molar-refractivity contribution is 8.02. The molecule has 1 fully saturated rings. The summed E-state index contributed by atoms with van der Waals surface area (Å²) < 4.78 is 10.4. The minimum absolute atomic E-state index is 0.399. The predicted molar refractivity (Wildman–Crippen MR) is 45.9 cm³/mol. The maximum absolute atomic E-state index is 5.24. The Bertz CT molecular complexity index is 153. The smallest absolute Gasteiger partial charge is 0.149 e. The summed E-state index contributed by atoms with van der Waals surface area (Å²) in [4.78, 5) is 0. The molecular weight excluding hydrogens is 160 g/mol. The van der Waals surface area contributed by atoms with E-state index in [1.165, 1.54) is 0 Å². The van der Waals surface area contributed by atoms with Gasteiger partial charge in [-0.1, -0.05) is 5.92 Å². The van der Waals surface area contributed by atoms with E-state index >= 15 is 0 Å². The SMILES string of the molecule is C#CCOCC1CO[C](C)S1. The van der Waals surface area contributed by atoms with Gasteiger partial charge in [-0.25, -0.2) is 0 Å². The van der Waals surface area contributed by atoms with E-state index in [9.17, 15) is 0 Å². The van der Waals surface area contributed by atoms with Crippen molar-refractivity contribution in [1.29, 1.82) is 0 Å². The molecule has 1 rings (SSSR count). The van der Waals surface area contributed by atoms with Crippen LogP contribution in [0.15, 0.2) is 0 Å². The van der Waals surface area contributed by atoms with Gasteiger partial charge in [-0.2, -0.15) is 0 Å². The lowest BCUT2D eigenvalue weighted by atomic mass is 10.5. The normalized spacial score (nSPS) is 25.3. The molecule has 1 unspecified atom stereocenters. The Morgan fingerprint density at radius 1 is 1.91 bits per heavy atom. The molecule has 1 radical (unpaired) electrons. The van der Waals surface area contributed by atoms with Gasteiger partial charge < -0.3 is 9.47 Å². The Morgan fingerprint density at radius 3 is 3.27 bits per heavy atom. The highest BCUT2D eigenvalue weighted by Crippen LogP contribution is 2.32. The van der Waals surface area contributed by atoms with Crippen LogP contribution in [0, 0.1) is 17.8 Å². The Balaban J connectivity index is 2.05. The third-order valence-corrected chi connectivity index (χ3v) is 2.35. The molecule has 0 aromatic rings. The predicted octanol–water partition coefficient (Wildman–Crippen LogP) is 1.28. The van der Waals surface area contributed by atoms with Crippen LogP contribution in [0.5, 0.6) is 0 Å². The van der Waals surface area contributed by atoms with E-state index in [2.05, 4.69) is 5.92 Å². The van der Waals surface area contributed by atoms with Crippen LogP contribution in [0.1, 0.15) is 6.92 Å². The van der Waals surface area contributed by atoms with Crippen LogP contribution in [0.3, 0.4) is 0 Å². The fourth-order valence-electron chi connectivity index (χ4n) is 0.844. The topological polar surface area (TPSA) is 18.5 Å². The van der Waals surface area contributed by atoms with Crippen molar-refractivity contribution < 1.29 is 9.47 Å². The highest BCUT2D eigenvalue weighted by Gasteiger charge is 2.23. The van der Waals surface area contributed by atoms with Gasteiger partial charge in [0.25, 0.3) is 0 Å². The van der Waals surface area contributed by atoms with Crippen molar-refractivity contribution in [3.05, 3.63) is 5.44 Å². The van der Waals surface area contributed by atoms with Crippen molar-refractivity contribution >= 4 is 11.8 Å². The largest absolute Gasteiger partial charge is 0.368 e. The summed E-state index contributed by atoms with van der Waals surface area (Å²) in [6, 6.07) is 0. The van der Waals surface area contributed by atoms with Gasteiger partial charge in [-0.05, 0) is 6.92 Å². The first-order valence-corrected chi connectivity index (χ1v) is 4.35. The molecule has 0 aromatic heterocycles. The zero-order valence-corrected chi connectivity index (χ0v) is 7.32. The van der Waals surface area contributed by atoms with Crippen molar-refractivity contribution in [1.82, 2.24) is 0 Å². The van der Waals surface area contributed by atoms with E-state index in [1.54, 1.807) is 11.8 Å². The Morgan fingerprint density at radius 2 is 2.73 bits per heavy atom. The second-order valence-corrected chi connectivity index (χ2v) is 3.74. The van der Waals surface area contributed by atoms with Crippen molar-refractivity contribution in [2.45, 2.75) is 12.2 Å². The molecule has 0 aliphatic carbocycles. The summed E-state index contributed by atoms with van der Waals surface area (Å²) in [6.07, 6.45) is 5.02. The Hall–Kier alpha value is -0.170.